The fourth-order valence-corrected chi connectivity index (χ4v) is 4.29. The molecule has 1 amide bonds. The third-order valence-corrected chi connectivity index (χ3v) is 6.12. The largest absolute Gasteiger partial charge is 0.497 e. The van der Waals surface area contributed by atoms with Gasteiger partial charge in [-0.15, -0.1) is 0 Å². The lowest BCUT2D eigenvalue weighted by molar-refractivity contribution is -0.114. The van der Waals surface area contributed by atoms with Crippen LogP contribution in [0, 0.1) is 0 Å². The molecule has 0 radical (unpaired) electrons. The molecule has 0 aliphatic carbocycles. The zero-order chi connectivity index (χ0) is 21.6. The van der Waals surface area contributed by atoms with E-state index in [1.54, 1.807) is 60.7 Å². The Morgan fingerprint density at radius 3 is 2.13 bits per heavy atom. The maximum atomic E-state index is 13.4. The molecule has 3 aromatic carbocycles. The Morgan fingerprint density at radius 2 is 1.50 bits per heavy atom. The van der Waals surface area contributed by atoms with Crippen molar-refractivity contribution in [2.75, 3.05) is 30.4 Å². The second kappa shape index (κ2) is 9.32. The summed E-state index contributed by atoms with van der Waals surface area (Å²) in [6.45, 7) is -0.427. The summed E-state index contributed by atoms with van der Waals surface area (Å²) >= 11 is 0. The summed E-state index contributed by atoms with van der Waals surface area (Å²) in [5, 5.41) is 2.72. The van der Waals surface area contributed by atoms with Gasteiger partial charge in [0.15, 0.2) is 0 Å². The predicted octanol–water partition coefficient (Wildman–Crippen LogP) is 3.54. The lowest BCUT2D eigenvalue weighted by Gasteiger charge is -2.25. The molecule has 0 bridgehead atoms. The van der Waals surface area contributed by atoms with Crippen LogP contribution in [0.25, 0.3) is 0 Å². The molecule has 3 aromatic rings. The van der Waals surface area contributed by atoms with Gasteiger partial charge in [0.2, 0.25) is 5.91 Å². The first kappa shape index (κ1) is 21.2. The fourth-order valence-electron chi connectivity index (χ4n) is 2.86. The number of amides is 1. The number of carbonyl (C=O) groups is 1. The minimum absolute atomic E-state index is 0.0294. The number of hydrogen-bond acceptors (Lipinski definition) is 5. The summed E-state index contributed by atoms with van der Waals surface area (Å²) in [6, 6.07) is 21.5. The molecule has 0 aromatic heterocycles. The molecule has 7 nitrogen and oxygen atoms in total. The van der Waals surface area contributed by atoms with Crippen LogP contribution in [0.3, 0.4) is 0 Å². The summed E-state index contributed by atoms with van der Waals surface area (Å²) in [6.07, 6.45) is 0. The molecule has 0 saturated carbocycles. The number of benzene rings is 3. The number of hydrogen-bond donors (Lipinski definition) is 1. The Bertz CT molecular complexity index is 1100. The molecule has 0 fully saturated rings. The molecule has 0 spiro atoms. The number of anilines is 2. The van der Waals surface area contributed by atoms with Crippen LogP contribution in [0.4, 0.5) is 11.4 Å². The summed E-state index contributed by atoms with van der Waals surface area (Å²) in [7, 11) is -1.12. The SMILES string of the molecule is COc1ccc(S(=O)(=O)N(CC(=O)Nc2ccccc2)c2ccccc2OC)cc1. The Hall–Kier alpha value is -3.52. The molecule has 0 aliphatic rings. The minimum Gasteiger partial charge on any atom is -0.497 e. The molecule has 0 unspecified atom stereocenters. The van der Waals surface area contributed by atoms with Gasteiger partial charge in [0.1, 0.15) is 18.0 Å². The Morgan fingerprint density at radius 1 is 0.867 bits per heavy atom. The lowest BCUT2D eigenvalue weighted by atomic mass is 10.3. The van der Waals surface area contributed by atoms with Crippen molar-refractivity contribution in [1.82, 2.24) is 0 Å². The smallest absolute Gasteiger partial charge is 0.264 e. The number of nitrogens with zero attached hydrogens (tertiary/aromatic N) is 1. The predicted molar refractivity (Wildman–Crippen MR) is 116 cm³/mol. The highest BCUT2D eigenvalue weighted by molar-refractivity contribution is 7.92. The molecule has 156 valence electrons. The van der Waals surface area contributed by atoms with Gasteiger partial charge in [-0.05, 0) is 48.5 Å². The fraction of sp³-hybridized carbons (Fsp3) is 0.136. The van der Waals surface area contributed by atoms with E-state index < -0.39 is 22.5 Å². The molecule has 0 saturated heterocycles. The van der Waals surface area contributed by atoms with Crippen molar-refractivity contribution in [3.05, 3.63) is 78.9 Å². The van der Waals surface area contributed by atoms with E-state index in [0.29, 0.717) is 17.2 Å². The first-order chi connectivity index (χ1) is 14.5. The molecule has 8 heteroatoms. The summed E-state index contributed by atoms with van der Waals surface area (Å²) < 4.78 is 38.3. The quantitative estimate of drug-likeness (QED) is 0.596. The second-order valence-electron chi connectivity index (χ2n) is 6.27. The van der Waals surface area contributed by atoms with Crippen molar-refractivity contribution in [3.63, 3.8) is 0 Å². The summed E-state index contributed by atoms with van der Waals surface area (Å²) in [4.78, 5) is 12.7. The molecule has 1 N–H and O–H groups in total. The molecule has 0 aliphatic heterocycles. The Kier molecular flexibility index (Phi) is 6.58. The van der Waals surface area contributed by atoms with Gasteiger partial charge in [0, 0.05) is 5.69 Å². The van der Waals surface area contributed by atoms with Crippen LogP contribution < -0.4 is 19.1 Å². The van der Waals surface area contributed by atoms with Crippen molar-refractivity contribution < 1.29 is 22.7 Å². The molecule has 0 heterocycles. The first-order valence-electron chi connectivity index (χ1n) is 9.10. The lowest BCUT2D eigenvalue weighted by Crippen LogP contribution is -2.38. The van der Waals surface area contributed by atoms with Crippen LogP contribution in [-0.2, 0) is 14.8 Å². The second-order valence-corrected chi connectivity index (χ2v) is 8.14. The van der Waals surface area contributed by atoms with E-state index in [1.807, 2.05) is 6.07 Å². The van der Waals surface area contributed by atoms with Crippen molar-refractivity contribution in [2.24, 2.45) is 0 Å². The number of carbonyl (C=O) groups excluding carboxylic acids is 1. The van der Waals surface area contributed by atoms with Crippen LogP contribution in [0.2, 0.25) is 0 Å². The number of para-hydroxylation sites is 3. The highest BCUT2D eigenvalue weighted by atomic mass is 32.2. The molecule has 30 heavy (non-hydrogen) atoms. The topological polar surface area (TPSA) is 84.9 Å². The van der Waals surface area contributed by atoms with Gasteiger partial charge in [0.25, 0.3) is 10.0 Å². The van der Waals surface area contributed by atoms with E-state index in [0.717, 1.165) is 4.31 Å². The van der Waals surface area contributed by atoms with Crippen molar-refractivity contribution in [3.8, 4) is 11.5 Å². The van der Waals surface area contributed by atoms with Gasteiger partial charge in [-0.2, -0.15) is 0 Å². The number of methoxy groups -OCH3 is 2. The standard InChI is InChI=1S/C22H22N2O5S/c1-28-18-12-14-19(15-13-18)30(26,27)24(20-10-6-7-11-21(20)29-2)16-22(25)23-17-8-4-3-5-9-17/h3-15H,16H2,1-2H3,(H,23,25). The highest BCUT2D eigenvalue weighted by Crippen LogP contribution is 2.32. The van der Waals surface area contributed by atoms with E-state index in [4.69, 9.17) is 9.47 Å². The van der Waals surface area contributed by atoms with Gasteiger partial charge in [-0.1, -0.05) is 30.3 Å². The van der Waals surface area contributed by atoms with Gasteiger partial charge < -0.3 is 14.8 Å². The zero-order valence-electron chi connectivity index (χ0n) is 16.6. The molecule has 3 rings (SSSR count). The Labute approximate surface area is 175 Å². The van der Waals surface area contributed by atoms with Gasteiger partial charge in [-0.3, -0.25) is 9.10 Å². The normalized spacial score (nSPS) is 10.9. The monoisotopic (exact) mass is 426 g/mol. The summed E-state index contributed by atoms with van der Waals surface area (Å²) in [5.41, 5.74) is 0.836. The van der Waals surface area contributed by atoms with Crippen molar-refractivity contribution in [2.45, 2.75) is 4.90 Å². The number of rotatable bonds is 8. The average Bonchev–Trinajstić information content (AvgIpc) is 2.78. The van der Waals surface area contributed by atoms with Crippen molar-refractivity contribution >= 4 is 27.3 Å². The van der Waals surface area contributed by atoms with Gasteiger partial charge >= 0.3 is 0 Å². The van der Waals surface area contributed by atoms with E-state index in [1.165, 1.54) is 26.4 Å². The molecular formula is C22H22N2O5S. The Balaban J connectivity index is 1.99. The van der Waals surface area contributed by atoms with Crippen LogP contribution in [-0.4, -0.2) is 35.1 Å². The number of ether oxygens (including phenoxy) is 2. The highest BCUT2D eigenvalue weighted by Gasteiger charge is 2.29. The molecular weight excluding hydrogens is 404 g/mol. The van der Waals surface area contributed by atoms with Gasteiger partial charge in [0.05, 0.1) is 24.8 Å². The maximum absolute atomic E-state index is 13.4. The van der Waals surface area contributed by atoms with Crippen molar-refractivity contribution in [1.29, 1.82) is 0 Å². The maximum Gasteiger partial charge on any atom is 0.264 e. The third kappa shape index (κ3) is 4.72. The number of sulfonamides is 1. The number of nitrogens with one attached hydrogen (secondary N) is 1. The van der Waals surface area contributed by atoms with E-state index in [9.17, 15) is 13.2 Å². The average molecular weight is 426 g/mol. The van der Waals surface area contributed by atoms with Crippen LogP contribution in [0.15, 0.2) is 83.8 Å². The first-order valence-corrected chi connectivity index (χ1v) is 10.5. The van der Waals surface area contributed by atoms with Crippen LogP contribution >= 0.6 is 0 Å². The third-order valence-electron chi connectivity index (χ3n) is 4.35. The van der Waals surface area contributed by atoms with Crippen LogP contribution in [0.1, 0.15) is 0 Å². The zero-order valence-corrected chi connectivity index (χ0v) is 17.4. The molecule has 0 atom stereocenters. The van der Waals surface area contributed by atoms with Crippen LogP contribution in [0.5, 0.6) is 11.5 Å². The van der Waals surface area contributed by atoms with E-state index >= 15 is 0 Å². The van der Waals surface area contributed by atoms with E-state index in [2.05, 4.69) is 5.32 Å². The summed E-state index contributed by atoms with van der Waals surface area (Å²) in [5.74, 6) is 0.380. The van der Waals surface area contributed by atoms with E-state index in [-0.39, 0.29) is 10.6 Å². The minimum atomic E-state index is -4.06. The van der Waals surface area contributed by atoms with Gasteiger partial charge in [-0.25, -0.2) is 8.42 Å².